The standard InChI is InChI=1S/C11H18N3O3PS2/c1-3-18(19,4-2)6-5-17-14-9(10(15)16)8-7-20-11(12)13-8/h7H,3-6H2,1-2H3,(H2,12,13)(H,15,16)/b14-9-. The van der Waals surface area contributed by atoms with Gasteiger partial charge >= 0.3 is 5.97 Å². The zero-order valence-corrected chi connectivity index (χ0v) is 13.9. The van der Waals surface area contributed by atoms with Crippen LogP contribution in [0.5, 0.6) is 0 Å². The first-order valence-corrected chi connectivity index (χ1v) is 10.4. The molecule has 0 atom stereocenters. The monoisotopic (exact) mass is 335 g/mol. The number of carboxylic acid groups (broad SMARTS) is 1. The number of anilines is 1. The number of aromatic nitrogens is 1. The van der Waals surface area contributed by atoms with Crippen molar-refractivity contribution in [2.24, 2.45) is 5.16 Å². The van der Waals surface area contributed by atoms with Crippen molar-refractivity contribution in [2.45, 2.75) is 13.8 Å². The zero-order chi connectivity index (χ0) is 15.2. The van der Waals surface area contributed by atoms with Crippen LogP contribution in [0.25, 0.3) is 0 Å². The van der Waals surface area contributed by atoms with E-state index in [1.165, 1.54) is 5.38 Å². The molecule has 0 amide bonds. The fraction of sp³-hybridized carbons (Fsp3) is 0.545. The number of rotatable bonds is 8. The summed E-state index contributed by atoms with van der Waals surface area (Å²) in [5.74, 6) is -1.19. The highest BCUT2D eigenvalue weighted by molar-refractivity contribution is 8.14. The van der Waals surface area contributed by atoms with Gasteiger partial charge in [0.15, 0.2) is 5.13 Å². The van der Waals surface area contributed by atoms with E-state index in [0.717, 1.165) is 29.8 Å². The normalized spacial score (nSPS) is 12.4. The van der Waals surface area contributed by atoms with E-state index in [0.29, 0.717) is 11.7 Å². The highest BCUT2D eigenvalue weighted by atomic mass is 32.4. The molecule has 0 saturated heterocycles. The topological polar surface area (TPSA) is 97.8 Å². The van der Waals surface area contributed by atoms with Crippen LogP contribution in [0.15, 0.2) is 10.5 Å². The van der Waals surface area contributed by atoms with Gasteiger partial charge in [0.2, 0.25) is 5.71 Å². The fourth-order valence-corrected chi connectivity index (χ4v) is 3.71. The average Bonchev–Trinajstić information content (AvgIpc) is 2.84. The van der Waals surface area contributed by atoms with Gasteiger partial charge in [0.1, 0.15) is 12.3 Å². The lowest BCUT2D eigenvalue weighted by molar-refractivity contribution is -0.129. The molecule has 0 unspecified atom stereocenters. The molecule has 0 aliphatic heterocycles. The summed E-state index contributed by atoms with van der Waals surface area (Å²) in [4.78, 5) is 20.1. The molecule has 0 fully saturated rings. The van der Waals surface area contributed by atoms with Gasteiger partial charge in [0, 0.05) is 11.5 Å². The van der Waals surface area contributed by atoms with E-state index in [1.54, 1.807) is 0 Å². The number of aliphatic carboxylic acids is 1. The van der Waals surface area contributed by atoms with Crippen molar-refractivity contribution in [1.82, 2.24) is 4.98 Å². The van der Waals surface area contributed by atoms with Crippen molar-refractivity contribution in [1.29, 1.82) is 0 Å². The van der Waals surface area contributed by atoms with Gasteiger partial charge in [0.05, 0.1) is 0 Å². The Morgan fingerprint density at radius 2 is 2.25 bits per heavy atom. The van der Waals surface area contributed by atoms with Crippen LogP contribution in [0.3, 0.4) is 0 Å². The predicted molar refractivity (Wildman–Crippen MR) is 86.9 cm³/mol. The third kappa shape index (κ3) is 4.85. The molecular weight excluding hydrogens is 317 g/mol. The SMILES string of the molecule is CCP(=S)(CC)CCO/N=C(\C(=O)O)c1csc(N)n1. The maximum absolute atomic E-state index is 11.1. The molecule has 0 radical (unpaired) electrons. The van der Waals surface area contributed by atoms with Gasteiger partial charge in [0.25, 0.3) is 0 Å². The van der Waals surface area contributed by atoms with Crippen molar-refractivity contribution < 1.29 is 14.7 Å². The largest absolute Gasteiger partial charge is 0.476 e. The van der Waals surface area contributed by atoms with E-state index in [-0.39, 0.29) is 11.4 Å². The maximum atomic E-state index is 11.1. The van der Waals surface area contributed by atoms with E-state index in [9.17, 15) is 4.79 Å². The van der Waals surface area contributed by atoms with E-state index >= 15 is 0 Å². The van der Waals surface area contributed by atoms with Crippen LogP contribution in [0.1, 0.15) is 19.5 Å². The van der Waals surface area contributed by atoms with Crippen LogP contribution in [0.2, 0.25) is 0 Å². The second-order valence-corrected chi connectivity index (χ2v) is 11.1. The zero-order valence-electron chi connectivity index (χ0n) is 11.4. The van der Waals surface area contributed by atoms with E-state index in [4.69, 9.17) is 27.5 Å². The summed E-state index contributed by atoms with van der Waals surface area (Å²) in [5, 5.41) is 14.6. The predicted octanol–water partition coefficient (Wildman–Crippen LogP) is 2.05. The number of oxime groups is 1. The average molecular weight is 335 g/mol. The first-order valence-electron chi connectivity index (χ1n) is 6.13. The molecular formula is C11H18N3O3PS2. The number of nitrogen functional groups attached to an aromatic ring is 1. The summed E-state index contributed by atoms with van der Waals surface area (Å²) in [5.41, 5.74) is 5.45. The van der Waals surface area contributed by atoms with Crippen LogP contribution < -0.4 is 5.73 Å². The molecule has 1 aromatic heterocycles. The van der Waals surface area contributed by atoms with Crippen LogP contribution >= 0.6 is 17.4 Å². The Kier molecular flexibility index (Phi) is 6.58. The summed E-state index contributed by atoms with van der Waals surface area (Å²) >= 11 is 6.73. The van der Waals surface area contributed by atoms with Gasteiger partial charge in [-0.15, -0.1) is 11.3 Å². The summed E-state index contributed by atoms with van der Waals surface area (Å²) in [6.07, 6.45) is 2.70. The number of hydrogen-bond donors (Lipinski definition) is 2. The fourth-order valence-electron chi connectivity index (χ4n) is 1.45. The Labute approximate surface area is 127 Å². The van der Waals surface area contributed by atoms with Gasteiger partial charge in [-0.25, -0.2) is 9.78 Å². The molecule has 0 aliphatic carbocycles. The van der Waals surface area contributed by atoms with E-state index in [1.807, 2.05) is 0 Å². The number of nitrogens with two attached hydrogens (primary N) is 1. The third-order valence-electron chi connectivity index (χ3n) is 2.87. The summed E-state index contributed by atoms with van der Waals surface area (Å²) in [6, 6.07) is -1.37. The van der Waals surface area contributed by atoms with E-state index < -0.39 is 12.0 Å². The molecule has 112 valence electrons. The third-order valence-corrected chi connectivity index (χ3v) is 8.94. The molecule has 0 aromatic carbocycles. The summed E-state index contributed by atoms with van der Waals surface area (Å²) in [6.45, 7) is 4.48. The molecule has 0 aliphatic rings. The summed E-state index contributed by atoms with van der Waals surface area (Å²) < 4.78 is 0. The van der Waals surface area contributed by atoms with Crippen molar-refractivity contribution in [3.8, 4) is 0 Å². The van der Waals surface area contributed by atoms with Crippen molar-refractivity contribution in [2.75, 3.05) is 30.8 Å². The second kappa shape index (κ2) is 7.71. The lowest BCUT2D eigenvalue weighted by Crippen LogP contribution is -2.16. The Balaban J connectivity index is 2.66. The molecule has 6 nitrogen and oxygen atoms in total. The minimum absolute atomic E-state index is 0.213. The van der Waals surface area contributed by atoms with Gasteiger partial charge in [-0.05, 0) is 18.4 Å². The molecule has 3 N–H and O–H groups in total. The Morgan fingerprint density at radius 1 is 1.60 bits per heavy atom. The number of carbonyl (C=O) groups is 1. The second-order valence-electron chi connectivity index (χ2n) is 4.06. The highest BCUT2D eigenvalue weighted by Gasteiger charge is 2.17. The lowest BCUT2D eigenvalue weighted by Gasteiger charge is -2.16. The molecule has 20 heavy (non-hydrogen) atoms. The van der Waals surface area contributed by atoms with Crippen molar-refractivity contribution in [3.05, 3.63) is 11.1 Å². The van der Waals surface area contributed by atoms with Crippen molar-refractivity contribution in [3.63, 3.8) is 0 Å². The van der Waals surface area contributed by atoms with Crippen LogP contribution in [-0.4, -0.2) is 46.9 Å². The minimum Gasteiger partial charge on any atom is -0.476 e. The molecule has 9 heteroatoms. The highest BCUT2D eigenvalue weighted by Crippen LogP contribution is 2.44. The minimum atomic E-state index is -1.37. The molecule has 0 spiro atoms. The van der Waals surface area contributed by atoms with Gasteiger partial charge in [-0.2, -0.15) is 0 Å². The number of nitrogens with zero attached hydrogens (tertiary/aromatic N) is 2. The quantitative estimate of drug-likeness (QED) is 0.326. The maximum Gasteiger partial charge on any atom is 0.360 e. The Bertz CT molecular complexity index is 537. The molecule has 1 aromatic rings. The van der Waals surface area contributed by atoms with Crippen LogP contribution in [0, 0.1) is 0 Å². The Hall–Kier alpha value is -0.980. The smallest absolute Gasteiger partial charge is 0.360 e. The van der Waals surface area contributed by atoms with Gasteiger partial charge in [-0.1, -0.05) is 30.8 Å². The first kappa shape index (κ1) is 17.1. The summed E-state index contributed by atoms with van der Waals surface area (Å²) in [7, 11) is 0. The number of thiazole rings is 1. The Morgan fingerprint density at radius 3 is 2.70 bits per heavy atom. The first-order chi connectivity index (χ1) is 9.41. The van der Waals surface area contributed by atoms with Gasteiger partial charge in [-0.3, -0.25) is 0 Å². The molecule has 0 bridgehead atoms. The number of hydrogen-bond acceptors (Lipinski definition) is 7. The molecule has 1 rings (SSSR count). The lowest BCUT2D eigenvalue weighted by atomic mass is 10.3. The van der Waals surface area contributed by atoms with E-state index in [2.05, 4.69) is 24.0 Å². The van der Waals surface area contributed by atoms with Crippen LogP contribution in [0.4, 0.5) is 5.13 Å². The number of carboxylic acids is 1. The molecule has 1 heterocycles. The molecule has 0 saturated carbocycles. The van der Waals surface area contributed by atoms with Crippen LogP contribution in [-0.2, 0) is 21.4 Å². The van der Waals surface area contributed by atoms with Crippen molar-refractivity contribution >= 4 is 46.0 Å². The van der Waals surface area contributed by atoms with Gasteiger partial charge < -0.3 is 15.7 Å².